The van der Waals surface area contributed by atoms with Gasteiger partial charge >= 0.3 is 12.0 Å². The lowest BCUT2D eigenvalue weighted by atomic mass is 9.75. The average Bonchev–Trinajstić information content (AvgIpc) is 2.92. The molecule has 6 heteroatoms. The number of likely N-dealkylation sites (tertiary alicyclic amines) is 1. The summed E-state index contributed by atoms with van der Waals surface area (Å²) in [6.45, 7) is 4.32. The molecule has 0 aromatic rings. The van der Waals surface area contributed by atoms with E-state index in [2.05, 4.69) is 5.32 Å². The van der Waals surface area contributed by atoms with Crippen LogP contribution in [0.4, 0.5) is 4.79 Å². The van der Waals surface area contributed by atoms with Gasteiger partial charge in [-0.25, -0.2) is 4.79 Å². The molecule has 2 rings (SSSR count). The van der Waals surface area contributed by atoms with Crippen molar-refractivity contribution in [3.05, 3.63) is 0 Å². The zero-order chi connectivity index (χ0) is 14.6. The molecule has 1 atom stereocenters. The molecule has 2 amide bonds. The number of carbonyl (C=O) groups excluding carboxylic acids is 1. The number of carbonyl (C=O) groups is 2. The first-order valence-electron chi connectivity index (χ1n) is 7.44. The maximum absolute atomic E-state index is 12.1. The van der Waals surface area contributed by atoms with Crippen LogP contribution in [0.3, 0.4) is 0 Å². The molecule has 2 heterocycles. The number of hydrogen-bond acceptors (Lipinski definition) is 3. The number of urea groups is 1. The molecule has 1 unspecified atom stereocenters. The third kappa shape index (κ3) is 3.23. The Kier molecular flexibility index (Phi) is 4.86. The highest BCUT2D eigenvalue weighted by Gasteiger charge is 2.41. The van der Waals surface area contributed by atoms with Gasteiger partial charge in [-0.1, -0.05) is 13.3 Å². The smallest absolute Gasteiger partial charge is 0.317 e. The highest BCUT2D eigenvalue weighted by Crippen LogP contribution is 2.36. The molecular weight excluding hydrogens is 260 g/mol. The van der Waals surface area contributed by atoms with Crippen molar-refractivity contribution in [1.29, 1.82) is 0 Å². The van der Waals surface area contributed by atoms with E-state index >= 15 is 0 Å². The van der Waals surface area contributed by atoms with Gasteiger partial charge in [-0.15, -0.1) is 0 Å². The fourth-order valence-corrected chi connectivity index (χ4v) is 3.10. The lowest BCUT2D eigenvalue weighted by molar-refractivity contribution is -0.152. The number of carboxylic acid groups (broad SMARTS) is 1. The van der Waals surface area contributed by atoms with Gasteiger partial charge in [0, 0.05) is 19.7 Å². The lowest BCUT2D eigenvalue weighted by Gasteiger charge is -2.39. The fraction of sp³-hybridized carbons (Fsp3) is 0.857. The summed E-state index contributed by atoms with van der Waals surface area (Å²) in [6.07, 6.45) is 3.50. The molecule has 0 bridgehead atoms. The molecule has 0 radical (unpaired) electrons. The van der Waals surface area contributed by atoms with Crippen molar-refractivity contribution in [3.63, 3.8) is 0 Å². The molecule has 20 heavy (non-hydrogen) atoms. The maximum atomic E-state index is 12.1. The molecule has 0 aliphatic carbocycles. The number of nitrogens with one attached hydrogen (secondary N) is 1. The van der Waals surface area contributed by atoms with Crippen LogP contribution < -0.4 is 5.32 Å². The number of rotatable bonds is 4. The van der Waals surface area contributed by atoms with Crippen LogP contribution in [0.5, 0.6) is 0 Å². The minimum atomic E-state index is -0.719. The number of carboxylic acids is 1. The van der Waals surface area contributed by atoms with Crippen molar-refractivity contribution in [1.82, 2.24) is 10.2 Å². The first-order chi connectivity index (χ1) is 9.57. The third-order valence-corrected chi connectivity index (χ3v) is 4.45. The maximum Gasteiger partial charge on any atom is 0.317 e. The average molecular weight is 284 g/mol. The standard InChI is InChI=1S/C14H24N2O4/c1-2-4-14(12(17)18)5-7-16(8-6-14)13(19)15-11-3-9-20-10-11/h11H,2-10H2,1H3,(H,15,19)(H,17,18). The second-order valence-electron chi connectivity index (χ2n) is 5.83. The Morgan fingerprint density at radius 2 is 2.10 bits per heavy atom. The molecule has 2 N–H and O–H groups in total. The van der Waals surface area contributed by atoms with Gasteiger partial charge in [0.2, 0.25) is 0 Å². The van der Waals surface area contributed by atoms with Crippen molar-refractivity contribution in [2.45, 2.75) is 45.1 Å². The molecule has 0 saturated carbocycles. The van der Waals surface area contributed by atoms with E-state index in [1.807, 2.05) is 6.92 Å². The van der Waals surface area contributed by atoms with E-state index in [-0.39, 0.29) is 12.1 Å². The monoisotopic (exact) mass is 284 g/mol. The largest absolute Gasteiger partial charge is 0.481 e. The van der Waals surface area contributed by atoms with E-state index in [1.165, 1.54) is 0 Å². The topological polar surface area (TPSA) is 78.9 Å². The van der Waals surface area contributed by atoms with Gasteiger partial charge in [-0.3, -0.25) is 4.79 Å². The Morgan fingerprint density at radius 3 is 2.60 bits per heavy atom. The van der Waals surface area contributed by atoms with Crippen LogP contribution in [0.2, 0.25) is 0 Å². The van der Waals surface area contributed by atoms with Crippen molar-refractivity contribution in [2.24, 2.45) is 5.41 Å². The molecule has 6 nitrogen and oxygen atoms in total. The molecule has 2 aliphatic heterocycles. The van der Waals surface area contributed by atoms with Gasteiger partial charge in [0.15, 0.2) is 0 Å². The van der Waals surface area contributed by atoms with Crippen LogP contribution in [0.1, 0.15) is 39.0 Å². The van der Waals surface area contributed by atoms with Crippen molar-refractivity contribution in [3.8, 4) is 0 Å². The first kappa shape index (κ1) is 15.1. The molecule has 2 aliphatic rings. The van der Waals surface area contributed by atoms with Gasteiger partial charge < -0.3 is 20.1 Å². The van der Waals surface area contributed by atoms with E-state index in [9.17, 15) is 14.7 Å². The normalized spacial score (nSPS) is 25.4. The summed E-state index contributed by atoms with van der Waals surface area (Å²) in [7, 11) is 0. The molecule has 0 aromatic carbocycles. The molecule has 0 aromatic heterocycles. The number of ether oxygens (including phenoxy) is 1. The van der Waals surface area contributed by atoms with Gasteiger partial charge in [-0.05, 0) is 25.7 Å². The summed E-state index contributed by atoms with van der Waals surface area (Å²) in [5.74, 6) is -0.719. The minimum Gasteiger partial charge on any atom is -0.481 e. The molecule has 2 saturated heterocycles. The first-order valence-corrected chi connectivity index (χ1v) is 7.44. The van der Waals surface area contributed by atoms with Crippen molar-refractivity contribution >= 4 is 12.0 Å². The van der Waals surface area contributed by atoms with Crippen LogP contribution in [0.25, 0.3) is 0 Å². The van der Waals surface area contributed by atoms with Crippen LogP contribution in [0.15, 0.2) is 0 Å². The summed E-state index contributed by atoms with van der Waals surface area (Å²) in [4.78, 5) is 25.3. The van der Waals surface area contributed by atoms with E-state index in [0.717, 1.165) is 12.8 Å². The number of aliphatic carboxylic acids is 1. The van der Waals surface area contributed by atoms with Crippen molar-refractivity contribution in [2.75, 3.05) is 26.3 Å². The second-order valence-corrected chi connectivity index (χ2v) is 5.83. The third-order valence-electron chi connectivity index (χ3n) is 4.45. The van der Waals surface area contributed by atoms with Gasteiger partial charge in [0.1, 0.15) is 0 Å². The SMILES string of the molecule is CCCC1(C(=O)O)CCN(C(=O)NC2CCOC2)CC1. The Morgan fingerprint density at radius 1 is 1.40 bits per heavy atom. The predicted octanol–water partition coefficient (Wildman–Crippen LogP) is 1.45. The summed E-state index contributed by atoms with van der Waals surface area (Å²) in [5, 5.41) is 12.4. The van der Waals surface area contributed by atoms with Crippen LogP contribution in [-0.4, -0.2) is 54.4 Å². The Labute approximate surface area is 119 Å². The Balaban J connectivity index is 1.86. The molecule has 0 spiro atoms. The lowest BCUT2D eigenvalue weighted by Crippen LogP contribution is -2.51. The number of nitrogens with zero attached hydrogens (tertiary/aromatic N) is 1. The number of amides is 2. The summed E-state index contributed by atoms with van der Waals surface area (Å²) >= 11 is 0. The fourth-order valence-electron chi connectivity index (χ4n) is 3.10. The molecular formula is C14H24N2O4. The van der Waals surface area contributed by atoms with Crippen LogP contribution in [-0.2, 0) is 9.53 Å². The Bertz CT molecular complexity index is 358. The van der Waals surface area contributed by atoms with E-state index in [1.54, 1.807) is 4.90 Å². The summed E-state index contributed by atoms with van der Waals surface area (Å²) in [6, 6.07) is 0.0142. The van der Waals surface area contributed by atoms with E-state index in [0.29, 0.717) is 45.6 Å². The molecule has 2 fully saturated rings. The van der Waals surface area contributed by atoms with Gasteiger partial charge in [0.05, 0.1) is 18.1 Å². The number of piperidine rings is 1. The van der Waals surface area contributed by atoms with E-state index in [4.69, 9.17) is 4.74 Å². The molecule has 114 valence electrons. The summed E-state index contributed by atoms with van der Waals surface area (Å²) < 4.78 is 5.23. The summed E-state index contributed by atoms with van der Waals surface area (Å²) in [5.41, 5.74) is -0.637. The van der Waals surface area contributed by atoms with Crippen molar-refractivity contribution < 1.29 is 19.4 Å². The van der Waals surface area contributed by atoms with Crippen LogP contribution in [0, 0.1) is 5.41 Å². The second kappa shape index (κ2) is 6.43. The Hall–Kier alpha value is -1.30. The quantitative estimate of drug-likeness (QED) is 0.819. The predicted molar refractivity (Wildman–Crippen MR) is 73.5 cm³/mol. The van der Waals surface area contributed by atoms with Gasteiger partial charge in [-0.2, -0.15) is 0 Å². The van der Waals surface area contributed by atoms with E-state index < -0.39 is 11.4 Å². The van der Waals surface area contributed by atoms with Gasteiger partial charge in [0.25, 0.3) is 0 Å². The highest BCUT2D eigenvalue weighted by atomic mass is 16.5. The number of hydrogen-bond donors (Lipinski definition) is 2. The van der Waals surface area contributed by atoms with Crippen LogP contribution >= 0.6 is 0 Å². The minimum absolute atomic E-state index is 0.0870. The zero-order valence-corrected chi connectivity index (χ0v) is 12.1. The highest BCUT2D eigenvalue weighted by molar-refractivity contribution is 5.77. The zero-order valence-electron chi connectivity index (χ0n) is 12.1.